The van der Waals surface area contributed by atoms with Crippen LogP contribution in [0.5, 0.6) is 0 Å². The predicted molar refractivity (Wildman–Crippen MR) is 84.8 cm³/mol. The number of rotatable bonds is 8. The third kappa shape index (κ3) is 4.37. The molecule has 0 spiro atoms. The Bertz CT molecular complexity index is 650. The minimum Gasteiger partial charge on any atom is -0.336 e. The molecular formula is C13H20N4O2S2. The summed E-state index contributed by atoms with van der Waals surface area (Å²) < 4.78 is 27.8. The van der Waals surface area contributed by atoms with Crippen molar-refractivity contribution in [1.82, 2.24) is 19.6 Å². The second kappa shape index (κ2) is 7.17. The van der Waals surface area contributed by atoms with Gasteiger partial charge in [0.15, 0.2) is 0 Å². The lowest BCUT2D eigenvalue weighted by molar-refractivity contribution is 0.560. The van der Waals surface area contributed by atoms with Crippen molar-refractivity contribution in [1.29, 1.82) is 0 Å². The smallest absolute Gasteiger partial charge is 0.212 e. The molecule has 0 fully saturated rings. The molecule has 0 saturated carbocycles. The Morgan fingerprint density at radius 3 is 2.86 bits per heavy atom. The molecule has 2 heterocycles. The largest absolute Gasteiger partial charge is 0.336 e. The van der Waals surface area contributed by atoms with Crippen LogP contribution in [-0.2, 0) is 17.1 Å². The molecule has 0 aromatic carbocycles. The van der Waals surface area contributed by atoms with E-state index in [0.29, 0.717) is 13.1 Å². The van der Waals surface area contributed by atoms with Crippen molar-refractivity contribution in [2.24, 2.45) is 7.05 Å². The number of hydrogen-bond acceptors (Lipinski definition) is 5. The van der Waals surface area contributed by atoms with Crippen LogP contribution < -0.4 is 10.0 Å². The molecule has 116 valence electrons. The third-order valence-electron chi connectivity index (χ3n) is 3.03. The van der Waals surface area contributed by atoms with Crippen molar-refractivity contribution in [3.8, 4) is 0 Å². The van der Waals surface area contributed by atoms with E-state index in [2.05, 4.69) is 15.0 Å². The topological polar surface area (TPSA) is 76.0 Å². The maximum absolute atomic E-state index is 11.7. The molecule has 1 atom stereocenters. The molecule has 2 aromatic rings. The van der Waals surface area contributed by atoms with Gasteiger partial charge in [-0.05, 0) is 11.4 Å². The fourth-order valence-electron chi connectivity index (χ4n) is 2.06. The summed E-state index contributed by atoms with van der Waals surface area (Å²) in [5.74, 6) is 0.922. The molecule has 0 bridgehead atoms. The van der Waals surface area contributed by atoms with Crippen molar-refractivity contribution in [3.63, 3.8) is 0 Å². The minimum atomic E-state index is -3.21. The van der Waals surface area contributed by atoms with Crippen LogP contribution in [0.25, 0.3) is 0 Å². The standard InChI is InChI=1S/C13H20N4O2S2/c1-3-16-21(18,19)10-7-14-12(11-5-4-9-20-11)13-15-6-8-17(13)2/h4-6,8-9,12,14,16H,3,7,10H2,1-2H3. The van der Waals surface area contributed by atoms with E-state index in [4.69, 9.17) is 0 Å². The van der Waals surface area contributed by atoms with E-state index in [9.17, 15) is 8.42 Å². The van der Waals surface area contributed by atoms with Gasteiger partial charge in [-0.1, -0.05) is 13.0 Å². The summed E-state index contributed by atoms with van der Waals surface area (Å²) in [5, 5.41) is 5.29. The van der Waals surface area contributed by atoms with Crippen molar-refractivity contribution in [3.05, 3.63) is 40.6 Å². The first-order chi connectivity index (χ1) is 10.0. The molecule has 2 N–H and O–H groups in total. The zero-order chi connectivity index (χ0) is 15.3. The third-order valence-corrected chi connectivity index (χ3v) is 5.44. The van der Waals surface area contributed by atoms with Gasteiger partial charge in [-0.3, -0.25) is 0 Å². The van der Waals surface area contributed by atoms with E-state index in [-0.39, 0.29) is 11.8 Å². The lowest BCUT2D eigenvalue weighted by atomic mass is 10.2. The van der Waals surface area contributed by atoms with E-state index >= 15 is 0 Å². The zero-order valence-corrected chi connectivity index (χ0v) is 13.7. The molecule has 0 aliphatic carbocycles. The first-order valence-electron chi connectivity index (χ1n) is 6.75. The van der Waals surface area contributed by atoms with Crippen molar-refractivity contribution in [2.75, 3.05) is 18.8 Å². The molecule has 2 aromatic heterocycles. The summed E-state index contributed by atoms with van der Waals surface area (Å²) in [6, 6.07) is 3.91. The molecule has 0 amide bonds. The monoisotopic (exact) mass is 328 g/mol. The average Bonchev–Trinajstić information content (AvgIpc) is 3.06. The summed E-state index contributed by atoms with van der Waals surface area (Å²) in [5.41, 5.74) is 0. The van der Waals surface area contributed by atoms with Crippen LogP contribution in [0, 0.1) is 0 Å². The number of aromatic nitrogens is 2. The SMILES string of the molecule is CCNS(=O)(=O)CCNC(c1cccs1)c1nccn1C. The summed E-state index contributed by atoms with van der Waals surface area (Å²) in [6.07, 6.45) is 3.63. The summed E-state index contributed by atoms with van der Waals surface area (Å²) >= 11 is 1.63. The summed E-state index contributed by atoms with van der Waals surface area (Å²) in [4.78, 5) is 5.48. The highest BCUT2D eigenvalue weighted by Gasteiger charge is 2.19. The van der Waals surface area contributed by atoms with Crippen LogP contribution in [0.3, 0.4) is 0 Å². The van der Waals surface area contributed by atoms with Gasteiger partial charge in [0.25, 0.3) is 0 Å². The number of hydrogen-bond donors (Lipinski definition) is 2. The van der Waals surface area contributed by atoms with Gasteiger partial charge in [-0.15, -0.1) is 11.3 Å². The highest BCUT2D eigenvalue weighted by Crippen LogP contribution is 2.24. The van der Waals surface area contributed by atoms with Gasteiger partial charge in [0.2, 0.25) is 10.0 Å². The zero-order valence-electron chi connectivity index (χ0n) is 12.1. The quantitative estimate of drug-likeness (QED) is 0.761. The van der Waals surface area contributed by atoms with Crippen LogP contribution in [0.15, 0.2) is 29.9 Å². The molecule has 8 heteroatoms. The lowest BCUT2D eigenvalue weighted by Gasteiger charge is -2.17. The second-order valence-corrected chi connectivity index (χ2v) is 7.52. The van der Waals surface area contributed by atoms with E-state index in [1.54, 1.807) is 24.5 Å². The minimum absolute atomic E-state index is 0.0487. The normalized spacial score (nSPS) is 13.4. The number of nitrogens with zero attached hydrogens (tertiary/aromatic N) is 2. The maximum Gasteiger partial charge on any atom is 0.212 e. The van der Waals surface area contributed by atoms with E-state index in [1.165, 1.54) is 0 Å². The van der Waals surface area contributed by atoms with Gasteiger partial charge < -0.3 is 9.88 Å². The number of imidazole rings is 1. The Balaban J connectivity index is 2.07. The van der Waals surface area contributed by atoms with Crippen molar-refractivity contribution >= 4 is 21.4 Å². The average molecular weight is 328 g/mol. The number of sulfonamides is 1. The maximum atomic E-state index is 11.7. The van der Waals surface area contributed by atoms with Crippen LogP contribution in [0.1, 0.15) is 23.7 Å². The number of nitrogens with one attached hydrogen (secondary N) is 2. The Kier molecular flexibility index (Phi) is 5.51. The molecule has 1 unspecified atom stereocenters. The molecule has 0 aliphatic heterocycles. The van der Waals surface area contributed by atoms with Gasteiger partial charge in [-0.2, -0.15) is 0 Å². The highest BCUT2D eigenvalue weighted by atomic mass is 32.2. The Morgan fingerprint density at radius 1 is 1.48 bits per heavy atom. The number of thiophene rings is 1. The van der Waals surface area contributed by atoms with E-state index in [0.717, 1.165) is 10.7 Å². The molecular weight excluding hydrogens is 308 g/mol. The summed E-state index contributed by atoms with van der Waals surface area (Å²) in [7, 11) is -1.28. The Morgan fingerprint density at radius 2 is 2.29 bits per heavy atom. The highest BCUT2D eigenvalue weighted by molar-refractivity contribution is 7.89. The Hall–Kier alpha value is -1.22. The van der Waals surface area contributed by atoms with Gasteiger partial charge in [0.1, 0.15) is 11.9 Å². The van der Waals surface area contributed by atoms with Crippen LogP contribution in [0.2, 0.25) is 0 Å². The predicted octanol–water partition coefficient (Wildman–Crippen LogP) is 1.10. The second-order valence-electron chi connectivity index (χ2n) is 4.62. The van der Waals surface area contributed by atoms with Gasteiger partial charge in [0.05, 0.1) is 5.75 Å². The van der Waals surface area contributed by atoms with E-state index < -0.39 is 10.0 Å². The molecule has 0 radical (unpaired) electrons. The first-order valence-corrected chi connectivity index (χ1v) is 9.28. The van der Waals surface area contributed by atoms with Gasteiger partial charge in [-0.25, -0.2) is 18.1 Å². The fraction of sp³-hybridized carbons (Fsp3) is 0.462. The Labute approximate surface area is 129 Å². The van der Waals surface area contributed by atoms with Crippen molar-refractivity contribution in [2.45, 2.75) is 13.0 Å². The van der Waals surface area contributed by atoms with Gasteiger partial charge >= 0.3 is 0 Å². The first kappa shape index (κ1) is 16.2. The number of aryl methyl sites for hydroxylation is 1. The van der Waals surface area contributed by atoms with Crippen molar-refractivity contribution < 1.29 is 8.42 Å². The fourth-order valence-corrected chi connectivity index (χ4v) is 3.83. The lowest BCUT2D eigenvalue weighted by Crippen LogP contribution is -2.34. The molecule has 0 saturated heterocycles. The van der Waals surface area contributed by atoms with Gasteiger partial charge in [0, 0.05) is 37.4 Å². The van der Waals surface area contributed by atoms with Crippen LogP contribution in [-0.4, -0.2) is 36.8 Å². The van der Waals surface area contributed by atoms with Crippen LogP contribution in [0.4, 0.5) is 0 Å². The summed E-state index contributed by atoms with van der Waals surface area (Å²) in [6.45, 7) is 2.55. The molecule has 21 heavy (non-hydrogen) atoms. The molecule has 0 aliphatic rings. The van der Waals surface area contributed by atoms with E-state index in [1.807, 2.05) is 35.3 Å². The molecule has 2 rings (SSSR count). The van der Waals surface area contributed by atoms with Crippen LogP contribution >= 0.6 is 11.3 Å². The molecule has 6 nitrogen and oxygen atoms in total.